The Hall–Kier alpha value is -1.72. The van der Waals surface area contributed by atoms with Crippen LogP contribution in [0.4, 0.5) is 0 Å². The van der Waals surface area contributed by atoms with E-state index in [9.17, 15) is 0 Å². The molecule has 0 spiro atoms. The molecule has 4 aromatic rings. The van der Waals surface area contributed by atoms with Gasteiger partial charge in [-0.25, -0.2) is 0 Å². The van der Waals surface area contributed by atoms with Crippen LogP contribution in [-0.2, 0) is 0 Å². The standard InChI is InChI=1S/C16H16.C10H14.C8H9.3Li/c1-3-9-15(10-4-1)13-7-8-14-16-11-5-2-6-12-16;1-3-9(2)10-7-5-4-6-8-10;1-2-8-6-4-3-5-7-8;;;/h1-6,9-14H,7-8H2;4-9H,3H2,1-2H3;2-7H,1H3;;;/q-2;;-1;3*+1. The molecular weight excluding hydrogens is 429 g/mol. The molecule has 0 aromatic heterocycles. The summed E-state index contributed by atoms with van der Waals surface area (Å²) >= 11 is 0. The van der Waals surface area contributed by atoms with Crippen LogP contribution in [0, 0.1) is 19.3 Å². The van der Waals surface area contributed by atoms with Crippen molar-refractivity contribution in [3.05, 3.63) is 163 Å². The summed E-state index contributed by atoms with van der Waals surface area (Å²) in [4.78, 5) is 0. The smallest absolute Gasteiger partial charge is 0.192 e. The van der Waals surface area contributed by atoms with Gasteiger partial charge in [0, 0.05) is 0 Å². The third-order valence-corrected chi connectivity index (χ3v) is 5.64. The molecular formula is C34H39Li3. The van der Waals surface area contributed by atoms with Gasteiger partial charge in [0.2, 0.25) is 0 Å². The molecule has 3 heteroatoms. The maximum Gasteiger partial charge on any atom is 1.00 e. The van der Waals surface area contributed by atoms with Gasteiger partial charge in [-0.3, -0.25) is 0 Å². The topological polar surface area (TPSA) is 0 Å². The molecule has 0 heterocycles. The summed E-state index contributed by atoms with van der Waals surface area (Å²) in [7, 11) is 0. The average Bonchev–Trinajstić information content (AvgIpc) is 2.93. The van der Waals surface area contributed by atoms with Gasteiger partial charge in [0.05, 0.1) is 0 Å². The van der Waals surface area contributed by atoms with E-state index >= 15 is 0 Å². The van der Waals surface area contributed by atoms with Gasteiger partial charge >= 0.3 is 56.6 Å². The normalized spacial score (nSPS) is 9.59. The van der Waals surface area contributed by atoms with Crippen LogP contribution in [0.15, 0.2) is 121 Å². The summed E-state index contributed by atoms with van der Waals surface area (Å²) < 4.78 is 0. The molecule has 0 nitrogen and oxygen atoms in total. The minimum Gasteiger partial charge on any atom is -0.192 e. The molecule has 0 fully saturated rings. The molecule has 0 aliphatic rings. The van der Waals surface area contributed by atoms with Crippen molar-refractivity contribution in [1.29, 1.82) is 0 Å². The van der Waals surface area contributed by atoms with Crippen molar-refractivity contribution in [3.8, 4) is 0 Å². The molecule has 0 saturated carbocycles. The van der Waals surface area contributed by atoms with Crippen molar-refractivity contribution in [2.24, 2.45) is 0 Å². The number of hydrogen-bond donors (Lipinski definition) is 0. The second-order valence-electron chi connectivity index (χ2n) is 8.23. The first-order chi connectivity index (χ1) is 16.7. The van der Waals surface area contributed by atoms with Gasteiger partial charge in [-0.15, -0.1) is 36.4 Å². The molecule has 0 amide bonds. The van der Waals surface area contributed by atoms with E-state index < -0.39 is 0 Å². The Kier molecular flexibility index (Phi) is 24.9. The van der Waals surface area contributed by atoms with E-state index in [1.165, 1.54) is 28.7 Å². The number of rotatable bonds is 8. The Bertz CT molecular complexity index is 933. The van der Waals surface area contributed by atoms with Gasteiger partial charge in [0.25, 0.3) is 0 Å². The number of hydrogen-bond acceptors (Lipinski definition) is 0. The Morgan fingerprint density at radius 3 is 1.14 bits per heavy atom. The molecule has 1 unspecified atom stereocenters. The molecule has 37 heavy (non-hydrogen) atoms. The van der Waals surface area contributed by atoms with Crippen molar-refractivity contribution in [2.45, 2.75) is 46.0 Å². The molecule has 178 valence electrons. The minimum absolute atomic E-state index is 0. The zero-order valence-corrected chi connectivity index (χ0v) is 24.0. The van der Waals surface area contributed by atoms with E-state index in [2.05, 4.69) is 124 Å². The van der Waals surface area contributed by atoms with E-state index in [1.54, 1.807) is 0 Å². The van der Waals surface area contributed by atoms with Crippen LogP contribution in [0.1, 0.15) is 68.2 Å². The van der Waals surface area contributed by atoms with Crippen molar-refractivity contribution < 1.29 is 56.6 Å². The third kappa shape index (κ3) is 17.4. The average molecular weight is 469 g/mol. The van der Waals surface area contributed by atoms with Gasteiger partial charge in [-0.05, 0) is 17.9 Å². The van der Waals surface area contributed by atoms with Gasteiger partial charge in [0.15, 0.2) is 0 Å². The second-order valence-corrected chi connectivity index (χ2v) is 8.23. The fraction of sp³-hybridized carbons (Fsp3) is 0.206. The Balaban J connectivity index is 0. The molecule has 0 aliphatic carbocycles. The van der Waals surface area contributed by atoms with Crippen molar-refractivity contribution >= 4 is 0 Å². The molecule has 1 atom stereocenters. The fourth-order valence-electron chi connectivity index (χ4n) is 3.34. The third-order valence-electron chi connectivity index (χ3n) is 5.64. The quantitative estimate of drug-likeness (QED) is 0.203. The van der Waals surface area contributed by atoms with Crippen molar-refractivity contribution in [3.63, 3.8) is 0 Å². The predicted octanol–water partition coefficient (Wildman–Crippen LogP) is 0.743. The minimum atomic E-state index is 0. The molecule has 0 radical (unpaired) electrons. The summed E-state index contributed by atoms with van der Waals surface area (Å²) in [6.07, 6.45) is 10.1. The van der Waals surface area contributed by atoms with Crippen LogP contribution in [0.25, 0.3) is 0 Å². The van der Waals surface area contributed by atoms with Gasteiger partial charge in [-0.2, -0.15) is 72.4 Å². The van der Waals surface area contributed by atoms with Crippen molar-refractivity contribution in [1.82, 2.24) is 0 Å². The van der Waals surface area contributed by atoms with Gasteiger partial charge < -0.3 is 0 Å². The SMILES string of the molecule is CCC(C)c1ccccc1.C[CH-]c1ccccc1.[Li+].[Li+].[Li+].c1ccc([CH-]CC[CH-]c2ccccc2)cc1. The monoisotopic (exact) mass is 468 g/mol. The zero-order chi connectivity index (χ0) is 24.3. The first-order valence-electron chi connectivity index (χ1n) is 12.4. The zero-order valence-electron chi connectivity index (χ0n) is 24.0. The van der Waals surface area contributed by atoms with Crippen LogP contribution in [0.3, 0.4) is 0 Å². The number of unbranched alkanes of at least 4 members (excludes halogenated alkanes) is 1. The molecule has 4 aromatic carbocycles. The molecule has 0 saturated heterocycles. The van der Waals surface area contributed by atoms with E-state index in [0.29, 0.717) is 5.92 Å². The summed E-state index contributed by atoms with van der Waals surface area (Å²) in [6, 6.07) is 41.9. The maximum absolute atomic E-state index is 2.28. The van der Waals surface area contributed by atoms with E-state index in [0.717, 1.165) is 12.8 Å². The molecule has 4 rings (SSSR count). The Morgan fingerprint density at radius 1 is 0.514 bits per heavy atom. The number of benzene rings is 4. The van der Waals surface area contributed by atoms with Crippen LogP contribution in [-0.4, -0.2) is 0 Å². The fourth-order valence-corrected chi connectivity index (χ4v) is 3.34. The second kappa shape index (κ2) is 24.6. The maximum atomic E-state index is 2.28. The van der Waals surface area contributed by atoms with Gasteiger partial charge in [-0.1, -0.05) is 82.1 Å². The van der Waals surface area contributed by atoms with E-state index in [4.69, 9.17) is 0 Å². The van der Waals surface area contributed by atoms with Crippen LogP contribution in [0.2, 0.25) is 0 Å². The van der Waals surface area contributed by atoms with E-state index in [-0.39, 0.29) is 56.6 Å². The van der Waals surface area contributed by atoms with Gasteiger partial charge in [0.1, 0.15) is 0 Å². The summed E-state index contributed by atoms with van der Waals surface area (Å²) in [5, 5.41) is 0. The largest absolute Gasteiger partial charge is 1.00 e. The van der Waals surface area contributed by atoms with E-state index in [1.807, 2.05) is 37.3 Å². The van der Waals surface area contributed by atoms with Crippen LogP contribution >= 0.6 is 0 Å². The summed E-state index contributed by atoms with van der Waals surface area (Å²) in [5.41, 5.74) is 5.35. The van der Waals surface area contributed by atoms with Crippen molar-refractivity contribution in [2.75, 3.05) is 0 Å². The molecule has 0 bridgehead atoms. The summed E-state index contributed by atoms with van der Waals surface area (Å²) in [5.74, 6) is 0.709. The molecule has 0 N–H and O–H groups in total. The summed E-state index contributed by atoms with van der Waals surface area (Å²) in [6.45, 7) is 6.52. The molecule has 0 aliphatic heterocycles. The predicted molar refractivity (Wildman–Crippen MR) is 150 cm³/mol. The first-order valence-corrected chi connectivity index (χ1v) is 12.4. The van der Waals surface area contributed by atoms with Crippen LogP contribution in [0.5, 0.6) is 0 Å². The Labute approximate surface area is 263 Å². The first kappa shape index (κ1) is 37.4. The van der Waals surface area contributed by atoms with Crippen LogP contribution < -0.4 is 56.6 Å². The Morgan fingerprint density at radius 2 is 0.838 bits per heavy atom.